The molecular weight excluding hydrogens is 276 g/mol. The smallest absolute Gasteiger partial charge is 0.00205 e. The van der Waals surface area contributed by atoms with E-state index in [0.717, 1.165) is 0 Å². The van der Waals surface area contributed by atoms with Gasteiger partial charge >= 0.3 is 0 Å². The van der Waals surface area contributed by atoms with E-state index in [0.29, 0.717) is 0 Å². The van der Waals surface area contributed by atoms with Crippen LogP contribution < -0.4 is 0 Å². The highest BCUT2D eigenvalue weighted by Gasteiger charge is 2.12. The summed E-state index contributed by atoms with van der Waals surface area (Å²) in [6.07, 6.45) is 0. The Morgan fingerprint density at radius 1 is 0.522 bits per heavy atom. The van der Waals surface area contributed by atoms with Gasteiger partial charge in [0.2, 0.25) is 0 Å². The lowest BCUT2D eigenvalue weighted by molar-refractivity contribution is 1.55. The van der Waals surface area contributed by atoms with Crippen molar-refractivity contribution in [2.24, 2.45) is 0 Å². The van der Waals surface area contributed by atoms with Crippen LogP contribution in [0.15, 0.2) is 78.9 Å². The molecule has 0 heterocycles. The maximum Gasteiger partial charge on any atom is -0.00205 e. The van der Waals surface area contributed by atoms with Crippen molar-refractivity contribution in [1.29, 1.82) is 0 Å². The molecule has 0 bridgehead atoms. The lowest BCUT2D eigenvalue weighted by Gasteiger charge is -2.15. The second-order valence-corrected chi connectivity index (χ2v) is 6.28. The Balaban J connectivity index is 2.03. The molecular formula is C23H16. The monoisotopic (exact) mass is 292 g/mol. The molecule has 0 N–H and O–H groups in total. The molecule has 0 amide bonds. The van der Waals surface area contributed by atoms with E-state index >= 15 is 0 Å². The fraction of sp³-hybridized carbons (Fsp3) is 0.0435. The van der Waals surface area contributed by atoms with Gasteiger partial charge in [0.1, 0.15) is 0 Å². The van der Waals surface area contributed by atoms with Crippen LogP contribution in [0.1, 0.15) is 5.56 Å². The quantitative estimate of drug-likeness (QED) is 0.307. The molecule has 0 aliphatic carbocycles. The minimum absolute atomic E-state index is 1.28. The first-order valence-corrected chi connectivity index (χ1v) is 8.05. The molecule has 0 nitrogen and oxygen atoms in total. The third-order valence-electron chi connectivity index (χ3n) is 4.97. The van der Waals surface area contributed by atoms with E-state index in [1.165, 1.54) is 49.0 Å². The molecule has 5 rings (SSSR count). The van der Waals surface area contributed by atoms with Crippen LogP contribution in [0.5, 0.6) is 0 Å². The van der Waals surface area contributed by atoms with E-state index in [-0.39, 0.29) is 0 Å². The van der Waals surface area contributed by atoms with E-state index in [1.54, 1.807) is 0 Å². The highest BCUT2D eigenvalue weighted by atomic mass is 14.2. The summed E-state index contributed by atoms with van der Waals surface area (Å²) in [7, 11) is 0. The van der Waals surface area contributed by atoms with Gasteiger partial charge in [-0.1, -0.05) is 78.9 Å². The maximum absolute atomic E-state index is 2.29. The van der Waals surface area contributed by atoms with Gasteiger partial charge in [-0.3, -0.25) is 0 Å². The molecule has 0 spiro atoms. The zero-order chi connectivity index (χ0) is 15.4. The Morgan fingerprint density at radius 3 is 1.91 bits per heavy atom. The molecule has 0 saturated heterocycles. The molecule has 0 aliphatic heterocycles. The van der Waals surface area contributed by atoms with Gasteiger partial charge in [0.05, 0.1) is 0 Å². The van der Waals surface area contributed by atoms with Gasteiger partial charge < -0.3 is 0 Å². The van der Waals surface area contributed by atoms with Crippen LogP contribution in [0.2, 0.25) is 0 Å². The predicted octanol–water partition coefficient (Wildman–Crippen LogP) is 6.56. The summed E-state index contributed by atoms with van der Waals surface area (Å²) >= 11 is 0. The SMILES string of the molecule is Cc1ccc2ccc3ccc(-c4ccccc4)c4ccc1c2c34. The van der Waals surface area contributed by atoms with Crippen molar-refractivity contribution in [3.63, 3.8) is 0 Å². The van der Waals surface area contributed by atoms with Gasteiger partial charge in [-0.05, 0) is 55.9 Å². The van der Waals surface area contributed by atoms with Crippen LogP contribution in [0.3, 0.4) is 0 Å². The molecule has 23 heavy (non-hydrogen) atoms. The van der Waals surface area contributed by atoms with E-state index < -0.39 is 0 Å². The van der Waals surface area contributed by atoms with Crippen molar-refractivity contribution in [1.82, 2.24) is 0 Å². The topological polar surface area (TPSA) is 0 Å². The van der Waals surface area contributed by atoms with Crippen LogP contribution in [0.25, 0.3) is 43.4 Å². The highest BCUT2D eigenvalue weighted by molar-refractivity contribution is 6.25. The van der Waals surface area contributed by atoms with E-state index in [9.17, 15) is 0 Å². The molecule has 0 saturated carbocycles. The molecule has 0 radical (unpaired) electrons. The van der Waals surface area contributed by atoms with Gasteiger partial charge in [-0.15, -0.1) is 0 Å². The maximum atomic E-state index is 2.29. The molecule has 108 valence electrons. The first-order chi connectivity index (χ1) is 11.3. The van der Waals surface area contributed by atoms with E-state index in [4.69, 9.17) is 0 Å². The Kier molecular flexibility index (Phi) is 2.51. The minimum Gasteiger partial charge on any atom is -0.0622 e. The average molecular weight is 292 g/mol. The molecule has 0 atom stereocenters. The highest BCUT2D eigenvalue weighted by Crippen LogP contribution is 2.39. The molecule has 5 aromatic rings. The normalized spacial score (nSPS) is 11.7. The minimum atomic E-state index is 1.28. The first-order valence-electron chi connectivity index (χ1n) is 8.05. The predicted molar refractivity (Wildman–Crippen MR) is 100 cm³/mol. The summed E-state index contributed by atoms with van der Waals surface area (Å²) in [5.41, 5.74) is 3.94. The van der Waals surface area contributed by atoms with Crippen LogP contribution in [0, 0.1) is 6.92 Å². The van der Waals surface area contributed by atoms with Crippen molar-refractivity contribution in [2.45, 2.75) is 6.92 Å². The van der Waals surface area contributed by atoms with Crippen molar-refractivity contribution >= 4 is 32.3 Å². The van der Waals surface area contributed by atoms with Crippen LogP contribution in [-0.4, -0.2) is 0 Å². The van der Waals surface area contributed by atoms with Gasteiger partial charge in [-0.25, -0.2) is 0 Å². The lowest BCUT2D eigenvalue weighted by atomic mass is 9.89. The number of benzene rings is 5. The fourth-order valence-electron chi connectivity index (χ4n) is 3.82. The van der Waals surface area contributed by atoms with Crippen LogP contribution >= 0.6 is 0 Å². The standard InChI is InChI=1S/C23H16/c1-15-7-8-17-9-10-18-11-12-20(16-5-3-2-4-6-16)21-14-13-19(15)22(17)23(18)21/h2-14H,1H3. The molecule has 0 heteroatoms. The lowest BCUT2D eigenvalue weighted by Crippen LogP contribution is -1.88. The van der Waals surface area contributed by atoms with Gasteiger partial charge in [0.15, 0.2) is 0 Å². The summed E-state index contributed by atoms with van der Waals surface area (Å²) in [6, 6.07) is 28.7. The first kappa shape index (κ1) is 12.7. The number of rotatable bonds is 1. The zero-order valence-electron chi connectivity index (χ0n) is 13.0. The summed E-state index contributed by atoms with van der Waals surface area (Å²) in [5, 5.41) is 8.16. The molecule has 0 aliphatic rings. The average Bonchev–Trinajstić information content (AvgIpc) is 2.62. The van der Waals surface area contributed by atoms with E-state index in [1.807, 2.05) is 0 Å². The third-order valence-corrected chi connectivity index (χ3v) is 4.97. The third kappa shape index (κ3) is 1.72. The summed E-state index contributed by atoms with van der Waals surface area (Å²) < 4.78 is 0. The number of hydrogen-bond acceptors (Lipinski definition) is 0. The summed E-state index contributed by atoms with van der Waals surface area (Å²) in [6.45, 7) is 2.20. The number of aryl methyl sites for hydroxylation is 1. The Hall–Kier alpha value is -2.86. The van der Waals surface area contributed by atoms with Crippen molar-refractivity contribution in [3.05, 3.63) is 84.4 Å². The van der Waals surface area contributed by atoms with Crippen LogP contribution in [-0.2, 0) is 0 Å². The number of hydrogen-bond donors (Lipinski definition) is 0. The van der Waals surface area contributed by atoms with Gasteiger partial charge in [0.25, 0.3) is 0 Å². The van der Waals surface area contributed by atoms with Crippen molar-refractivity contribution in [3.8, 4) is 11.1 Å². The van der Waals surface area contributed by atoms with Gasteiger partial charge in [0, 0.05) is 0 Å². The molecule has 5 aromatic carbocycles. The van der Waals surface area contributed by atoms with Crippen molar-refractivity contribution < 1.29 is 0 Å². The fourth-order valence-corrected chi connectivity index (χ4v) is 3.82. The largest absolute Gasteiger partial charge is 0.0622 e. The van der Waals surface area contributed by atoms with Crippen molar-refractivity contribution in [2.75, 3.05) is 0 Å². The second kappa shape index (κ2) is 4.57. The second-order valence-electron chi connectivity index (χ2n) is 6.28. The van der Waals surface area contributed by atoms with E-state index in [2.05, 4.69) is 85.8 Å². The summed E-state index contributed by atoms with van der Waals surface area (Å²) in [5.74, 6) is 0. The summed E-state index contributed by atoms with van der Waals surface area (Å²) in [4.78, 5) is 0. The Morgan fingerprint density at radius 2 is 1.13 bits per heavy atom. The Bertz CT molecular complexity index is 1150. The zero-order valence-corrected chi connectivity index (χ0v) is 13.0. The van der Waals surface area contributed by atoms with Crippen LogP contribution in [0.4, 0.5) is 0 Å². The Labute approximate surface area is 135 Å². The van der Waals surface area contributed by atoms with Gasteiger partial charge in [-0.2, -0.15) is 0 Å². The molecule has 0 fully saturated rings. The molecule has 0 aromatic heterocycles. The molecule has 0 unspecified atom stereocenters.